The summed E-state index contributed by atoms with van der Waals surface area (Å²) >= 11 is 0. The Kier molecular flexibility index (Phi) is 3.57. The molecule has 2 unspecified atom stereocenters. The van der Waals surface area contributed by atoms with E-state index < -0.39 is 0 Å². The standard InChI is InChI=1S/C18H24O2/c1-13-3-5-14(6-4-13)15-7-9-16(10-8-15)18(11-12-18)17(19)20-2/h5,7-9,13,16H,3-4,6,10-12H2,1-2H3. The van der Waals surface area contributed by atoms with Crippen molar-refractivity contribution in [3.05, 3.63) is 35.5 Å². The van der Waals surface area contributed by atoms with Gasteiger partial charge in [-0.05, 0) is 61.5 Å². The maximum Gasteiger partial charge on any atom is 0.312 e. The van der Waals surface area contributed by atoms with Gasteiger partial charge in [0.15, 0.2) is 0 Å². The molecule has 2 atom stereocenters. The quantitative estimate of drug-likeness (QED) is 0.720. The molecular weight excluding hydrogens is 248 g/mol. The van der Waals surface area contributed by atoms with Crippen LogP contribution in [0.25, 0.3) is 0 Å². The second-order valence-electron chi connectivity index (χ2n) is 6.62. The lowest BCUT2D eigenvalue weighted by Gasteiger charge is -2.26. The topological polar surface area (TPSA) is 26.3 Å². The van der Waals surface area contributed by atoms with Gasteiger partial charge in [0.2, 0.25) is 0 Å². The van der Waals surface area contributed by atoms with Crippen LogP contribution in [-0.4, -0.2) is 13.1 Å². The van der Waals surface area contributed by atoms with E-state index in [2.05, 4.69) is 31.2 Å². The molecule has 0 aromatic rings. The lowest BCUT2D eigenvalue weighted by Crippen LogP contribution is -2.26. The van der Waals surface area contributed by atoms with Crippen LogP contribution in [0.2, 0.25) is 0 Å². The van der Waals surface area contributed by atoms with Crippen molar-refractivity contribution >= 4 is 5.97 Å². The Morgan fingerprint density at radius 3 is 2.60 bits per heavy atom. The number of hydrogen-bond acceptors (Lipinski definition) is 2. The van der Waals surface area contributed by atoms with Crippen molar-refractivity contribution in [2.24, 2.45) is 17.3 Å². The van der Waals surface area contributed by atoms with Crippen molar-refractivity contribution in [2.45, 2.75) is 45.4 Å². The number of methoxy groups -OCH3 is 1. The predicted octanol–water partition coefficient (Wildman–Crippen LogP) is 4.19. The van der Waals surface area contributed by atoms with Crippen molar-refractivity contribution in [1.82, 2.24) is 0 Å². The highest BCUT2D eigenvalue weighted by atomic mass is 16.5. The Hall–Kier alpha value is -1.31. The first-order chi connectivity index (χ1) is 9.65. The van der Waals surface area contributed by atoms with Crippen molar-refractivity contribution in [3.63, 3.8) is 0 Å². The van der Waals surface area contributed by atoms with Gasteiger partial charge in [-0.1, -0.05) is 31.2 Å². The molecule has 0 aliphatic heterocycles. The van der Waals surface area contributed by atoms with Crippen molar-refractivity contribution in [2.75, 3.05) is 7.11 Å². The van der Waals surface area contributed by atoms with Crippen LogP contribution in [0.4, 0.5) is 0 Å². The highest BCUT2D eigenvalue weighted by Gasteiger charge is 2.55. The second-order valence-corrected chi connectivity index (χ2v) is 6.62. The first-order valence-corrected chi connectivity index (χ1v) is 7.82. The number of ether oxygens (including phenoxy) is 1. The maximum absolute atomic E-state index is 11.9. The summed E-state index contributed by atoms with van der Waals surface area (Å²) in [7, 11) is 1.50. The summed E-state index contributed by atoms with van der Waals surface area (Å²) in [6.07, 6.45) is 15.9. The molecule has 0 saturated heterocycles. The molecule has 2 nitrogen and oxygen atoms in total. The van der Waals surface area contributed by atoms with Crippen LogP contribution >= 0.6 is 0 Å². The number of esters is 1. The van der Waals surface area contributed by atoms with Gasteiger partial charge in [0, 0.05) is 0 Å². The summed E-state index contributed by atoms with van der Waals surface area (Å²) in [6, 6.07) is 0. The molecule has 108 valence electrons. The Balaban J connectivity index is 1.68. The summed E-state index contributed by atoms with van der Waals surface area (Å²) in [5.41, 5.74) is 2.68. The highest BCUT2D eigenvalue weighted by Crippen LogP contribution is 2.55. The highest BCUT2D eigenvalue weighted by molar-refractivity contribution is 5.80. The van der Waals surface area contributed by atoms with Gasteiger partial charge in [-0.3, -0.25) is 4.79 Å². The van der Waals surface area contributed by atoms with E-state index in [4.69, 9.17) is 4.74 Å². The van der Waals surface area contributed by atoms with Crippen LogP contribution in [0, 0.1) is 17.3 Å². The average Bonchev–Trinajstić information content (AvgIpc) is 3.29. The number of hydrogen-bond donors (Lipinski definition) is 0. The first kappa shape index (κ1) is 13.7. The van der Waals surface area contributed by atoms with E-state index in [0.29, 0.717) is 5.92 Å². The minimum atomic E-state index is -0.206. The molecule has 0 heterocycles. The van der Waals surface area contributed by atoms with Crippen LogP contribution in [0.5, 0.6) is 0 Å². The molecule has 1 saturated carbocycles. The van der Waals surface area contributed by atoms with E-state index in [1.165, 1.54) is 37.5 Å². The fourth-order valence-electron chi connectivity index (χ4n) is 3.56. The monoisotopic (exact) mass is 272 g/mol. The molecule has 0 aromatic heterocycles. The van der Waals surface area contributed by atoms with E-state index in [1.54, 1.807) is 0 Å². The molecule has 1 fully saturated rings. The maximum atomic E-state index is 11.9. The fourth-order valence-corrected chi connectivity index (χ4v) is 3.56. The van der Waals surface area contributed by atoms with Crippen LogP contribution in [0.3, 0.4) is 0 Å². The zero-order valence-corrected chi connectivity index (χ0v) is 12.5. The molecule has 3 aliphatic rings. The van der Waals surface area contributed by atoms with E-state index in [-0.39, 0.29) is 11.4 Å². The van der Waals surface area contributed by atoms with Crippen LogP contribution in [-0.2, 0) is 9.53 Å². The Bertz CT molecular complexity index is 492. The summed E-state index contributed by atoms with van der Waals surface area (Å²) in [6.45, 7) is 2.32. The van der Waals surface area contributed by atoms with E-state index >= 15 is 0 Å². The minimum absolute atomic E-state index is 0.0188. The number of rotatable bonds is 3. The number of carbonyl (C=O) groups is 1. The summed E-state index contributed by atoms with van der Waals surface area (Å²) in [5, 5.41) is 0. The third-order valence-corrected chi connectivity index (χ3v) is 5.23. The van der Waals surface area contributed by atoms with Crippen LogP contribution in [0.1, 0.15) is 45.4 Å². The largest absolute Gasteiger partial charge is 0.469 e. The van der Waals surface area contributed by atoms with Gasteiger partial charge in [-0.25, -0.2) is 0 Å². The summed E-state index contributed by atoms with van der Waals surface area (Å²) in [5.74, 6) is 1.14. The zero-order valence-electron chi connectivity index (χ0n) is 12.5. The fraction of sp³-hybridized carbons (Fsp3) is 0.611. The molecule has 0 bridgehead atoms. The zero-order chi connectivity index (χ0) is 14.2. The predicted molar refractivity (Wildman–Crippen MR) is 80.1 cm³/mol. The van der Waals surface area contributed by atoms with E-state index in [9.17, 15) is 4.79 Å². The SMILES string of the molecule is COC(=O)C1(C2C=CC(C3=CCC(C)CC3)=CC2)CC1. The Morgan fingerprint density at radius 2 is 2.10 bits per heavy atom. The van der Waals surface area contributed by atoms with E-state index in [0.717, 1.165) is 25.2 Å². The third-order valence-electron chi connectivity index (χ3n) is 5.23. The van der Waals surface area contributed by atoms with Gasteiger partial charge in [-0.2, -0.15) is 0 Å². The van der Waals surface area contributed by atoms with Crippen LogP contribution in [0.15, 0.2) is 35.5 Å². The van der Waals surface area contributed by atoms with E-state index in [1.807, 2.05) is 0 Å². The van der Waals surface area contributed by atoms with Crippen molar-refractivity contribution in [3.8, 4) is 0 Å². The second kappa shape index (κ2) is 5.23. The Morgan fingerprint density at radius 1 is 1.30 bits per heavy atom. The van der Waals surface area contributed by atoms with Crippen molar-refractivity contribution in [1.29, 1.82) is 0 Å². The van der Waals surface area contributed by atoms with Gasteiger partial charge in [0.05, 0.1) is 12.5 Å². The van der Waals surface area contributed by atoms with Gasteiger partial charge < -0.3 is 4.74 Å². The summed E-state index contributed by atoms with van der Waals surface area (Å²) in [4.78, 5) is 11.9. The molecule has 0 amide bonds. The molecule has 2 heteroatoms. The van der Waals surface area contributed by atoms with Gasteiger partial charge >= 0.3 is 5.97 Å². The third kappa shape index (κ3) is 2.36. The minimum Gasteiger partial charge on any atom is -0.469 e. The van der Waals surface area contributed by atoms with Gasteiger partial charge in [0.1, 0.15) is 0 Å². The van der Waals surface area contributed by atoms with Gasteiger partial charge in [-0.15, -0.1) is 0 Å². The first-order valence-electron chi connectivity index (χ1n) is 7.82. The lowest BCUT2D eigenvalue weighted by atomic mass is 9.79. The number of carbonyl (C=O) groups excluding carboxylic acids is 1. The number of allylic oxidation sites excluding steroid dienone is 6. The molecule has 0 N–H and O–H groups in total. The molecule has 20 heavy (non-hydrogen) atoms. The molecule has 0 aromatic carbocycles. The lowest BCUT2D eigenvalue weighted by molar-refractivity contribution is -0.148. The summed E-state index contributed by atoms with van der Waals surface area (Å²) < 4.78 is 4.98. The normalized spacial score (nSPS) is 31.3. The van der Waals surface area contributed by atoms with Crippen LogP contribution < -0.4 is 0 Å². The Labute approximate surface area is 121 Å². The smallest absolute Gasteiger partial charge is 0.312 e. The molecule has 3 rings (SSSR count). The molecule has 0 spiro atoms. The van der Waals surface area contributed by atoms with Gasteiger partial charge in [0.25, 0.3) is 0 Å². The average molecular weight is 272 g/mol. The molecule has 0 radical (unpaired) electrons. The van der Waals surface area contributed by atoms with Crippen molar-refractivity contribution < 1.29 is 9.53 Å². The molecule has 3 aliphatic carbocycles. The molecular formula is C18H24O2.